The maximum absolute atomic E-state index is 13.0. The van der Waals surface area contributed by atoms with E-state index in [1.807, 2.05) is 6.07 Å². The highest BCUT2D eigenvalue weighted by Crippen LogP contribution is 2.29. The Hall–Kier alpha value is -1.91. The topological polar surface area (TPSA) is 41.6 Å². The molecule has 26 heavy (non-hydrogen) atoms. The molecule has 0 unspecified atom stereocenters. The average molecular weight is 354 g/mol. The van der Waals surface area contributed by atoms with Crippen LogP contribution < -0.4 is 5.32 Å². The van der Waals surface area contributed by atoms with Crippen molar-refractivity contribution in [1.29, 1.82) is 0 Å². The largest absolute Gasteiger partial charge is 0.383 e. The summed E-state index contributed by atoms with van der Waals surface area (Å²) < 4.78 is 5.28. The van der Waals surface area contributed by atoms with Crippen LogP contribution in [-0.2, 0) is 15.1 Å². The van der Waals surface area contributed by atoms with E-state index < -0.39 is 5.54 Å². The van der Waals surface area contributed by atoms with E-state index in [0.717, 1.165) is 31.6 Å². The van der Waals surface area contributed by atoms with E-state index in [0.29, 0.717) is 6.04 Å². The highest BCUT2D eigenvalue weighted by atomic mass is 16.5. The molecule has 3 rings (SSSR count). The molecule has 1 heterocycles. The van der Waals surface area contributed by atoms with Gasteiger partial charge in [0.1, 0.15) is 0 Å². The Labute approximate surface area is 156 Å². The number of likely N-dealkylation sites (tertiary alicyclic amines) is 1. The second-order valence-electron chi connectivity index (χ2n) is 7.96. The molecule has 0 saturated carbocycles. The zero-order valence-electron chi connectivity index (χ0n) is 16.3. The molecule has 0 spiro atoms. The molecular weight excluding hydrogens is 324 g/mol. The third kappa shape index (κ3) is 3.92. The molecule has 2 aromatic rings. The van der Waals surface area contributed by atoms with Crippen molar-refractivity contribution in [3.05, 3.63) is 48.0 Å². The summed E-state index contributed by atoms with van der Waals surface area (Å²) in [5, 5.41) is 5.70. The Balaban J connectivity index is 1.74. The van der Waals surface area contributed by atoms with Crippen molar-refractivity contribution in [2.45, 2.75) is 38.3 Å². The lowest BCUT2D eigenvalue weighted by Gasteiger charge is -2.38. The number of hydrogen-bond acceptors (Lipinski definition) is 3. The summed E-state index contributed by atoms with van der Waals surface area (Å²) in [6.07, 6.45) is 1.91. The molecule has 1 amide bonds. The summed E-state index contributed by atoms with van der Waals surface area (Å²) in [5.41, 5.74) is 0.741. The van der Waals surface area contributed by atoms with Gasteiger partial charge in [-0.3, -0.25) is 4.79 Å². The summed E-state index contributed by atoms with van der Waals surface area (Å²) in [7, 11) is 3.82. The number of benzene rings is 2. The molecule has 4 heteroatoms. The molecule has 2 atom stereocenters. The van der Waals surface area contributed by atoms with Crippen molar-refractivity contribution in [1.82, 2.24) is 10.2 Å². The Morgan fingerprint density at radius 1 is 1.19 bits per heavy atom. The van der Waals surface area contributed by atoms with Gasteiger partial charge >= 0.3 is 0 Å². The third-order valence-corrected chi connectivity index (χ3v) is 5.61. The van der Waals surface area contributed by atoms with Crippen molar-refractivity contribution in [2.75, 3.05) is 27.3 Å². The number of rotatable bonds is 5. The minimum atomic E-state index is -0.417. The van der Waals surface area contributed by atoms with Gasteiger partial charge in [-0.15, -0.1) is 0 Å². The van der Waals surface area contributed by atoms with Gasteiger partial charge in [0.05, 0.1) is 18.1 Å². The average Bonchev–Trinajstić information content (AvgIpc) is 2.62. The highest BCUT2D eigenvalue weighted by Gasteiger charge is 2.33. The highest BCUT2D eigenvalue weighted by molar-refractivity contribution is 5.88. The monoisotopic (exact) mass is 354 g/mol. The van der Waals surface area contributed by atoms with Gasteiger partial charge in [0.15, 0.2) is 0 Å². The maximum atomic E-state index is 13.0. The van der Waals surface area contributed by atoms with Gasteiger partial charge in [0.2, 0.25) is 5.91 Å². The molecule has 1 saturated heterocycles. The lowest BCUT2D eigenvalue weighted by atomic mass is 9.87. The molecule has 0 bridgehead atoms. The molecule has 0 aromatic heterocycles. The molecule has 0 radical (unpaired) electrons. The first-order valence-corrected chi connectivity index (χ1v) is 9.42. The lowest BCUT2D eigenvalue weighted by molar-refractivity contribution is -0.129. The van der Waals surface area contributed by atoms with Crippen molar-refractivity contribution in [3.63, 3.8) is 0 Å². The number of carbonyl (C=O) groups is 1. The third-order valence-electron chi connectivity index (χ3n) is 5.61. The molecule has 2 aromatic carbocycles. The van der Waals surface area contributed by atoms with Crippen LogP contribution in [0.1, 0.15) is 32.3 Å². The first-order chi connectivity index (χ1) is 12.4. The predicted molar refractivity (Wildman–Crippen MR) is 106 cm³/mol. The Morgan fingerprint density at radius 3 is 2.65 bits per heavy atom. The summed E-state index contributed by atoms with van der Waals surface area (Å²) in [5.74, 6) is 0.174. The number of nitrogens with one attached hydrogen (secondary N) is 1. The van der Waals surface area contributed by atoms with E-state index in [-0.39, 0.29) is 11.8 Å². The van der Waals surface area contributed by atoms with Crippen LogP contribution in [0.15, 0.2) is 42.5 Å². The van der Waals surface area contributed by atoms with Crippen LogP contribution in [0, 0.1) is 5.92 Å². The van der Waals surface area contributed by atoms with Gasteiger partial charge in [-0.1, -0.05) is 42.5 Å². The number of ether oxygens (including phenoxy) is 1. The molecule has 0 aliphatic carbocycles. The number of piperidine rings is 1. The molecule has 1 aliphatic rings. The molecule has 1 aliphatic heterocycles. The minimum absolute atomic E-state index is 0.0300. The van der Waals surface area contributed by atoms with E-state index in [2.05, 4.69) is 67.5 Å². The zero-order valence-corrected chi connectivity index (χ0v) is 16.3. The summed E-state index contributed by atoms with van der Waals surface area (Å²) in [6.45, 7) is 5.69. The second-order valence-corrected chi connectivity index (χ2v) is 7.96. The summed E-state index contributed by atoms with van der Waals surface area (Å²) in [4.78, 5) is 15.2. The zero-order chi connectivity index (χ0) is 18.7. The van der Waals surface area contributed by atoms with Gasteiger partial charge < -0.3 is 15.0 Å². The summed E-state index contributed by atoms with van der Waals surface area (Å²) in [6, 6.07) is 15.0. The van der Waals surface area contributed by atoms with Crippen LogP contribution in [0.5, 0.6) is 0 Å². The van der Waals surface area contributed by atoms with Gasteiger partial charge in [0, 0.05) is 19.7 Å². The number of fused-ring (bicyclic) bond motifs is 1. The van der Waals surface area contributed by atoms with E-state index in [9.17, 15) is 4.79 Å². The fourth-order valence-corrected chi connectivity index (χ4v) is 4.07. The standard InChI is InChI=1S/C22H30N2O2/c1-22(2,20-11-7-9-16-8-5-6-10-19(16)20)23-21(25)17-12-13-18(15-26-4)24(3)14-17/h5-11,17-18H,12-15H2,1-4H3,(H,23,25)/t17-,18-/m0/s1. The van der Waals surface area contributed by atoms with Gasteiger partial charge in [-0.2, -0.15) is 0 Å². The second kappa shape index (κ2) is 7.77. The number of hydrogen-bond donors (Lipinski definition) is 1. The van der Waals surface area contributed by atoms with E-state index in [4.69, 9.17) is 4.74 Å². The van der Waals surface area contributed by atoms with Gasteiger partial charge in [-0.25, -0.2) is 0 Å². The Kier molecular flexibility index (Phi) is 5.64. The number of nitrogens with zero attached hydrogens (tertiary/aromatic N) is 1. The summed E-state index contributed by atoms with van der Waals surface area (Å²) >= 11 is 0. The lowest BCUT2D eigenvalue weighted by Crippen LogP contribution is -2.51. The molecule has 1 N–H and O–H groups in total. The Morgan fingerprint density at radius 2 is 1.92 bits per heavy atom. The van der Waals surface area contributed by atoms with Gasteiger partial charge in [0.25, 0.3) is 0 Å². The first-order valence-electron chi connectivity index (χ1n) is 9.42. The van der Waals surface area contributed by atoms with E-state index >= 15 is 0 Å². The van der Waals surface area contributed by atoms with E-state index in [1.165, 1.54) is 10.8 Å². The molecule has 140 valence electrons. The normalized spacial score (nSPS) is 21.7. The van der Waals surface area contributed by atoms with Crippen LogP contribution in [0.3, 0.4) is 0 Å². The Bertz CT molecular complexity index is 766. The minimum Gasteiger partial charge on any atom is -0.383 e. The van der Waals surface area contributed by atoms with Crippen LogP contribution in [0.25, 0.3) is 10.8 Å². The molecular formula is C22H30N2O2. The van der Waals surface area contributed by atoms with E-state index in [1.54, 1.807) is 7.11 Å². The fraction of sp³-hybridized carbons (Fsp3) is 0.500. The van der Waals surface area contributed by atoms with Crippen molar-refractivity contribution in [2.24, 2.45) is 5.92 Å². The fourth-order valence-electron chi connectivity index (χ4n) is 4.07. The SMILES string of the molecule is COC[C@@H]1CC[C@H](C(=O)NC(C)(C)c2cccc3ccccc23)CN1C. The van der Waals surface area contributed by atoms with Crippen molar-refractivity contribution >= 4 is 16.7 Å². The van der Waals surface area contributed by atoms with Crippen LogP contribution in [0.4, 0.5) is 0 Å². The number of carbonyl (C=O) groups excluding carboxylic acids is 1. The smallest absolute Gasteiger partial charge is 0.225 e. The quantitative estimate of drug-likeness (QED) is 0.893. The maximum Gasteiger partial charge on any atom is 0.225 e. The van der Waals surface area contributed by atoms with Crippen LogP contribution in [0.2, 0.25) is 0 Å². The predicted octanol–water partition coefficient (Wildman–Crippen LogP) is 3.55. The van der Waals surface area contributed by atoms with Crippen molar-refractivity contribution in [3.8, 4) is 0 Å². The molecule has 1 fully saturated rings. The van der Waals surface area contributed by atoms with Crippen molar-refractivity contribution < 1.29 is 9.53 Å². The van der Waals surface area contributed by atoms with Gasteiger partial charge in [-0.05, 0) is 50.1 Å². The number of methoxy groups -OCH3 is 1. The van der Waals surface area contributed by atoms with Crippen LogP contribution >= 0.6 is 0 Å². The van der Waals surface area contributed by atoms with Crippen LogP contribution in [-0.4, -0.2) is 44.2 Å². The number of likely N-dealkylation sites (N-methyl/N-ethyl adjacent to an activating group) is 1. The number of amides is 1. The molecule has 4 nitrogen and oxygen atoms in total. The first kappa shape index (κ1) is 18.9.